The summed E-state index contributed by atoms with van der Waals surface area (Å²) in [4.78, 5) is 4.62. The van der Waals surface area contributed by atoms with Gasteiger partial charge < -0.3 is 4.90 Å². The molecule has 1 aliphatic heterocycles. The molecule has 2 heterocycles. The van der Waals surface area contributed by atoms with Gasteiger partial charge in [-0.25, -0.2) is 4.39 Å². The van der Waals surface area contributed by atoms with Crippen LogP contribution in [0, 0.1) is 12.7 Å². The second kappa shape index (κ2) is 7.41. The molecule has 0 radical (unpaired) electrons. The number of fused-ring (bicyclic) bond motifs is 1. The molecule has 1 aliphatic rings. The average molecular weight is 385 g/mol. The lowest BCUT2D eigenvalue weighted by Crippen LogP contribution is -2.34. The number of likely N-dealkylation sites (N-methyl/N-ethyl adjacent to an activating group) is 1. The lowest BCUT2D eigenvalue weighted by molar-refractivity contribution is 0.250. The third-order valence-corrected chi connectivity index (χ3v) is 5.71. The van der Waals surface area contributed by atoms with Gasteiger partial charge in [0, 0.05) is 36.4 Å². The van der Waals surface area contributed by atoms with E-state index in [9.17, 15) is 4.39 Å². The maximum Gasteiger partial charge on any atom is 0.159 e. The molecule has 1 aromatic heterocycles. The molecule has 1 unspecified atom stereocenters. The highest BCUT2D eigenvalue weighted by atomic mass is 35.5. The number of nitrogens with zero attached hydrogens (tertiary/aromatic N) is 4. The molecule has 0 saturated carbocycles. The van der Waals surface area contributed by atoms with Crippen LogP contribution in [0.5, 0.6) is 0 Å². The van der Waals surface area contributed by atoms with Crippen molar-refractivity contribution in [3.63, 3.8) is 0 Å². The summed E-state index contributed by atoms with van der Waals surface area (Å²) in [5.41, 5.74) is 2.15. The number of halogens is 2. The molecule has 0 bridgehead atoms. The highest BCUT2D eigenvalue weighted by molar-refractivity contribution is 6.34. The van der Waals surface area contributed by atoms with Crippen molar-refractivity contribution in [2.24, 2.45) is 0 Å². The zero-order valence-corrected chi connectivity index (χ0v) is 16.2. The summed E-state index contributed by atoms with van der Waals surface area (Å²) in [6, 6.07) is 13.4. The van der Waals surface area contributed by atoms with Crippen LogP contribution in [-0.4, -0.2) is 41.3 Å². The number of anilines is 1. The van der Waals surface area contributed by atoms with E-state index < -0.39 is 0 Å². The molecule has 3 aromatic rings. The van der Waals surface area contributed by atoms with Crippen LogP contribution in [0.3, 0.4) is 0 Å². The van der Waals surface area contributed by atoms with E-state index in [-0.39, 0.29) is 5.82 Å². The molecular weight excluding hydrogens is 363 g/mol. The molecular formula is C21H22ClFN4. The zero-order valence-electron chi connectivity index (χ0n) is 15.5. The summed E-state index contributed by atoms with van der Waals surface area (Å²) in [7, 11) is 2.13. The van der Waals surface area contributed by atoms with E-state index in [1.807, 2.05) is 37.3 Å². The van der Waals surface area contributed by atoms with Crippen molar-refractivity contribution in [2.75, 3.05) is 25.0 Å². The van der Waals surface area contributed by atoms with E-state index >= 15 is 0 Å². The van der Waals surface area contributed by atoms with Crippen LogP contribution in [0.2, 0.25) is 5.15 Å². The van der Waals surface area contributed by atoms with E-state index in [0.29, 0.717) is 11.2 Å². The normalized spacial score (nSPS) is 17.2. The van der Waals surface area contributed by atoms with Crippen LogP contribution in [0.25, 0.3) is 10.8 Å². The molecule has 0 amide bonds. The summed E-state index contributed by atoms with van der Waals surface area (Å²) in [6.07, 6.45) is 1.05. The van der Waals surface area contributed by atoms with Gasteiger partial charge in [0.1, 0.15) is 5.82 Å². The first-order valence-corrected chi connectivity index (χ1v) is 9.52. The molecule has 1 saturated heterocycles. The van der Waals surface area contributed by atoms with Gasteiger partial charge in [-0.2, -0.15) is 0 Å². The Morgan fingerprint density at radius 3 is 2.74 bits per heavy atom. The lowest BCUT2D eigenvalue weighted by Gasteiger charge is -2.26. The third kappa shape index (κ3) is 3.62. The minimum Gasteiger partial charge on any atom is -0.353 e. The number of aromatic nitrogens is 2. The molecule has 1 atom stereocenters. The average Bonchev–Trinajstić information content (AvgIpc) is 3.14. The first-order valence-electron chi connectivity index (χ1n) is 9.14. The van der Waals surface area contributed by atoms with E-state index in [4.69, 9.17) is 11.6 Å². The number of rotatable bonds is 4. The zero-order chi connectivity index (χ0) is 19.0. The second-order valence-electron chi connectivity index (χ2n) is 7.23. The van der Waals surface area contributed by atoms with Gasteiger partial charge >= 0.3 is 0 Å². The lowest BCUT2D eigenvalue weighted by atomic mass is 10.1. The number of hydrogen-bond donors (Lipinski definition) is 0. The number of benzene rings is 2. The molecule has 4 rings (SSSR count). The number of aryl methyl sites for hydroxylation is 1. The Labute approximate surface area is 163 Å². The highest BCUT2D eigenvalue weighted by Gasteiger charge is 2.28. The van der Waals surface area contributed by atoms with Gasteiger partial charge in [0.05, 0.1) is 0 Å². The van der Waals surface area contributed by atoms with Gasteiger partial charge in [-0.15, -0.1) is 10.2 Å². The molecule has 0 spiro atoms. The highest BCUT2D eigenvalue weighted by Crippen LogP contribution is 2.31. The Morgan fingerprint density at radius 1 is 1.19 bits per heavy atom. The quantitative estimate of drug-likeness (QED) is 0.665. The first kappa shape index (κ1) is 18.1. The summed E-state index contributed by atoms with van der Waals surface area (Å²) in [5, 5.41) is 10.9. The Kier molecular flexibility index (Phi) is 4.98. The molecule has 27 heavy (non-hydrogen) atoms. The standard InChI is InChI=1S/C21H22ClFN4/c1-14-11-16(23)8-7-15(14)12-26(2)17-9-10-27(13-17)21-19-6-4-3-5-18(19)20(22)24-25-21/h3-8,11,17H,9-10,12-13H2,1-2H3. The summed E-state index contributed by atoms with van der Waals surface area (Å²) >= 11 is 6.20. The molecule has 4 nitrogen and oxygen atoms in total. The monoisotopic (exact) mass is 384 g/mol. The molecule has 1 fully saturated rings. The van der Waals surface area contributed by atoms with Crippen molar-refractivity contribution in [3.05, 3.63) is 64.6 Å². The van der Waals surface area contributed by atoms with Crippen LogP contribution < -0.4 is 4.90 Å². The van der Waals surface area contributed by atoms with E-state index in [1.165, 1.54) is 6.07 Å². The molecule has 0 N–H and O–H groups in total. The van der Waals surface area contributed by atoms with Gasteiger partial charge in [0.15, 0.2) is 11.0 Å². The van der Waals surface area contributed by atoms with Crippen molar-refractivity contribution >= 4 is 28.2 Å². The number of hydrogen-bond acceptors (Lipinski definition) is 4. The van der Waals surface area contributed by atoms with Crippen molar-refractivity contribution in [1.82, 2.24) is 15.1 Å². The Bertz CT molecular complexity index is 978. The van der Waals surface area contributed by atoms with Crippen LogP contribution in [0.4, 0.5) is 10.2 Å². The Balaban J connectivity index is 1.51. The Hall–Kier alpha value is -2.24. The molecule has 2 aromatic carbocycles. The van der Waals surface area contributed by atoms with Gasteiger partial charge in [0.25, 0.3) is 0 Å². The van der Waals surface area contributed by atoms with Crippen LogP contribution in [-0.2, 0) is 6.54 Å². The minimum atomic E-state index is -0.181. The van der Waals surface area contributed by atoms with Crippen molar-refractivity contribution in [1.29, 1.82) is 0 Å². The fourth-order valence-corrected chi connectivity index (χ4v) is 4.02. The summed E-state index contributed by atoms with van der Waals surface area (Å²) in [6.45, 7) is 4.58. The maximum atomic E-state index is 13.3. The topological polar surface area (TPSA) is 32.3 Å². The van der Waals surface area contributed by atoms with Gasteiger partial charge in [-0.05, 0) is 43.7 Å². The van der Waals surface area contributed by atoms with Crippen LogP contribution in [0.1, 0.15) is 17.5 Å². The van der Waals surface area contributed by atoms with Gasteiger partial charge in [-0.1, -0.05) is 41.9 Å². The van der Waals surface area contributed by atoms with Crippen molar-refractivity contribution < 1.29 is 4.39 Å². The van der Waals surface area contributed by atoms with E-state index in [1.54, 1.807) is 6.07 Å². The third-order valence-electron chi connectivity index (χ3n) is 5.43. The van der Waals surface area contributed by atoms with E-state index in [0.717, 1.165) is 53.8 Å². The minimum absolute atomic E-state index is 0.181. The molecule has 0 aliphatic carbocycles. The molecule has 140 valence electrons. The summed E-state index contributed by atoms with van der Waals surface area (Å²) in [5.74, 6) is 0.711. The van der Waals surface area contributed by atoms with Gasteiger partial charge in [0.2, 0.25) is 0 Å². The van der Waals surface area contributed by atoms with E-state index in [2.05, 4.69) is 27.0 Å². The summed E-state index contributed by atoms with van der Waals surface area (Å²) < 4.78 is 13.3. The maximum absolute atomic E-state index is 13.3. The smallest absolute Gasteiger partial charge is 0.159 e. The Morgan fingerprint density at radius 2 is 1.96 bits per heavy atom. The van der Waals surface area contributed by atoms with Crippen LogP contribution >= 0.6 is 11.6 Å². The molecule has 6 heteroatoms. The fraction of sp³-hybridized carbons (Fsp3) is 0.333. The first-order chi connectivity index (χ1) is 13.0. The van der Waals surface area contributed by atoms with Crippen LogP contribution in [0.15, 0.2) is 42.5 Å². The fourth-order valence-electron chi connectivity index (χ4n) is 3.82. The predicted molar refractivity (Wildman–Crippen MR) is 108 cm³/mol. The van der Waals surface area contributed by atoms with Crippen molar-refractivity contribution in [2.45, 2.75) is 25.9 Å². The SMILES string of the molecule is Cc1cc(F)ccc1CN(C)C1CCN(c2nnc(Cl)c3ccccc23)C1. The predicted octanol–water partition coefficient (Wildman–Crippen LogP) is 4.44. The largest absolute Gasteiger partial charge is 0.353 e. The second-order valence-corrected chi connectivity index (χ2v) is 7.59. The van der Waals surface area contributed by atoms with Gasteiger partial charge in [-0.3, -0.25) is 4.90 Å². The van der Waals surface area contributed by atoms with Crippen molar-refractivity contribution in [3.8, 4) is 0 Å².